The highest BCUT2D eigenvalue weighted by Crippen LogP contribution is 2.30. The van der Waals surface area contributed by atoms with Gasteiger partial charge in [-0.1, -0.05) is 30.3 Å². The summed E-state index contributed by atoms with van der Waals surface area (Å²) in [7, 11) is 0. The van der Waals surface area contributed by atoms with E-state index in [1.807, 2.05) is 25.4 Å². The number of imidazole rings is 1. The Bertz CT molecular complexity index is 1310. The van der Waals surface area contributed by atoms with E-state index in [1.54, 1.807) is 0 Å². The number of fused-ring (bicyclic) bond motifs is 1. The van der Waals surface area contributed by atoms with Gasteiger partial charge in [0.1, 0.15) is 5.65 Å². The lowest BCUT2D eigenvalue weighted by molar-refractivity contribution is 0.0863. The van der Waals surface area contributed by atoms with Crippen LogP contribution in [0.3, 0.4) is 0 Å². The lowest BCUT2D eigenvalue weighted by atomic mass is 9.85. The maximum atomic E-state index is 4.84. The molecule has 0 spiro atoms. The van der Waals surface area contributed by atoms with Crippen LogP contribution in [0.4, 0.5) is 5.95 Å². The van der Waals surface area contributed by atoms with E-state index in [0.717, 1.165) is 34.2 Å². The predicted octanol–water partition coefficient (Wildman–Crippen LogP) is 5.73. The normalized spacial score (nSPS) is 21.2. The molecule has 0 atom stereocenters. The van der Waals surface area contributed by atoms with Crippen molar-refractivity contribution in [2.75, 3.05) is 13.1 Å². The monoisotopic (exact) mass is 450 g/mol. The lowest BCUT2D eigenvalue weighted by Crippen LogP contribution is -2.46. The Morgan fingerprint density at radius 3 is 2.50 bits per heavy atom. The number of aliphatic imine (C=N–C) groups is 1. The molecule has 4 aromatic rings. The Kier molecular flexibility index (Phi) is 5.67. The van der Waals surface area contributed by atoms with Crippen molar-refractivity contribution in [2.45, 2.75) is 45.1 Å². The van der Waals surface area contributed by atoms with Crippen LogP contribution in [0.1, 0.15) is 37.7 Å². The zero-order valence-corrected chi connectivity index (χ0v) is 19.6. The maximum absolute atomic E-state index is 4.84. The van der Waals surface area contributed by atoms with Gasteiger partial charge in [-0.3, -0.25) is 4.40 Å². The third-order valence-corrected chi connectivity index (χ3v) is 7.36. The molecule has 6 heteroatoms. The first-order chi connectivity index (χ1) is 16.7. The predicted molar refractivity (Wildman–Crippen MR) is 136 cm³/mol. The van der Waals surface area contributed by atoms with E-state index in [-0.39, 0.29) is 0 Å². The first-order valence-electron chi connectivity index (χ1n) is 12.4. The van der Waals surface area contributed by atoms with Crippen molar-refractivity contribution in [1.29, 1.82) is 0 Å². The molecule has 2 fully saturated rings. The fourth-order valence-electron chi connectivity index (χ4n) is 5.21. The van der Waals surface area contributed by atoms with Crippen LogP contribution in [0.25, 0.3) is 28.2 Å². The molecule has 0 bridgehead atoms. The third-order valence-electron chi connectivity index (χ3n) is 7.36. The molecular weight excluding hydrogens is 420 g/mol. The summed E-state index contributed by atoms with van der Waals surface area (Å²) in [6, 6.07) is 15.4. The third kappa shape index (κ3) is 4.14. The van der Waals surface area contributed by atoms with Gasteiger partial charge in [0, 0.05) is 24.7 Å². The van der Waals surface area contributed by atoms with Crippen LogP contribution in [0, 0.1) is 12.8 Å². The molecule has 4 heterocycles. The summed E-state index contributed by atoms with van der Waals surface area (Å²) in [4.78, 5) is 21.3. The highest BCUT2D eigenvalue weighted by Gasteiger charge is 2.28. The van der Waals surface area contributed by atoms with Gasteiger partial charge in [0.15, 0.2) is 0 Å². The Morgan fingerprint density at radius 1 is 0.912 bits per heavy atom. The maximum Gasteiger partial charge on any atom is 0.249 e. The standard InChI is InChI=1S/C28H30N6/c1-20-16-30-28(31-17-21-8-11-24(12-9-21)33-14-5-15-33)32-27(20)25-18-29-26-13-10-23(19-34(25)26)22-6-3-2-4-7-22/h2-4,6-7,10,13,16-19,21,24H,5,8-9,11-12,14-15H2,1H3. The summed E-state index contributed by atoms with van der Waals surface area (Å²) >= 11 is 0. The number of hydrogen-bond acceptors (Lipinski definition) is 5. The highest BCUT2D eigenvalue weighted by atomic mass is 15.2. The fraction of sp³-hybridized carbons (Fsp3) is 0.357. The number of rotatable bonds is 5. The number of hydrogen-bond donors (Lipinski definition) is 0. The van der Waals surface area contributed by atoms with Crippen LogP contribution in [-0.2, 0) is 0 Å². The molecule has 1 saturated heterocycles. The van der Waals surface area contributed by atoms with Gasteiger partial charge >= 0.3 is 0 Å². The van der Waals surface area contributed by atoms with Crippen LogP contribution < -0.4 is 0 Å². The first-order valence-corrected chi connectivity index (χ1v) is 12.4. The molecule has 0 unspecified atom stereocenters. The smallest absolute Gasteiger partial charge is 0.249 e. The Balaban J connectivity index is 1.25. The van der Waals surface area contributed by atoms with E-state index in [4.69, 9.17) is 9.98 Å². The van der Waals surface area contributed by atoms with E-state index in [0.29, 0.717) is 11.9 Å². The van der Waals surface area contributed by atoms with Gasteiger partial charge in [0.05, 0.1) is 17.6 Å². The van der Waals surface area contributed by atoms with Crippen LogP contribution in [0.2, 0.25) is 0 Å². The molecule has 2 aliphatic rings. The van der Waals surface area contributed by atoms with E-state index >= 15 is 0 Å². The topological polar surface area (TPSA) is 58.7 Å². The minimum Gasteiger partial charge on any atom is -0.300 e. The average molecular weight is 451 g/mol. The zero-order valence-electron chi connectivity index (χ0n) is 19.6. The minimum atomic E-state index is 0.523. The zero-order chi connectivity index (χ0) is 22.9. The molecule has 0 amide bonds. The van der Waals surface area contributed by atoms with Crippen molar-refractivity contribution < 1.29 is 0 Å². The molecule has 3 aromatic heterocycles. The van der Waals surface area contributed by atoms with Crippen molar-refractivity contribution >= 4 is 17.8 Å². The molecule has 34 heavy (non-hydrogen) atoms. The molecule has 0 N–H and O–H groups in total. The summed E-state index contributed by atoms with van der Waals surface area (Å²) in [5.74, 6) is 1.05. The summed E-state index contributed by atoms with van der Waals surface area (Å²) < 4.78 is 2.11. The van der Waals surface area contributed by atoms with Gasteiger partial charge in [-0.2, -0.15) is 0 Å². The van der Waals surface area contributed by atoms with Crippen LogP contribution in [0.15, 0.2) is 66.0 Å². The number of aromatic nitrogens is 4. The molecule has 6 nitrogen and oxygen atoms in total. The second-order valence-electron chi connectivity index (χ2n) is 9.59. The summed E-state index contributed by atoms with van der Waals surface area (Å²) in [6.45, 7) is 4.62. The van der Waals surface area contributed by atoms with Gasteiger partial charge in [0.2, 0.25) is 5.95 Å². The van der Waals surface area contributed by atoms with Crippen LogP contribution in [-0.4, -0.2) is 49.6 Å². The van der Waals surface area contributed by atoms with Gasteiger partial charge in [-0.15, -0.1) is 0 Å². The number of pyridine rings is 1. The molecule has 1 aliphatic carbocycles. The van der Waals surface area contributed by atoms with E-state index < -0.39 is 0 Å². The molecule has 1 saturated carbocycles. The summed E-state index contributed by atoms with van der Waals surface area (Å²) in [5.41, 5.74) is 6.07. The van der Waals surface area contributed by atoms with E-state index in [2.05, 4.69) is 68.1 Å². The number of nitrogens with zero attached hydrogens (tertiary/aromatic N) is 6. The van der Waals surface area contributed by atoms with Crippen molar-refractivity contribution in [3.05, 3.63) is 66.6 Å². The quantitative estimate of drug-likeness (QED) is 0.364. The summed E-state index contributed by atoms with van der Waals surface area (Å²) in [6.07, 6.45) is 14.3. The van der Waals surface area contributed by atoms with Crippen LogP contribution >= 0.6 is 0 Å². The Labute approximate surface area is 200 Å². The Morgan fingerprint density at radius 2 is 1.74 bits per heavy atom. The van der Waals surface area contributed by atoms with Crippen molar-refractivity contribution in [2.24, 2.45) is 10.9 Å². The van der Waals surface area contributed by atoms with Crippen molar-refractivity contribution in [1.82, 2.24) is 24.3 Å². The van der Waals surface area contributed by atoms with Gasteiger partial charge in [-0.25, -0.2) is 19.9 Å². The molecule has 172 valence electrons. The van der Waals surface area contributed by atoms with Gasteiger partial charge in [-0.05, 0) is 86.9 Å². The molecule has 1 aromatic carbocycles. The second kappa shape index (κ2) is 9.11. The number of benzene rings is 1. The van der Waals surface area contributed by atoms with Gasteiger partial charge in [0.25, 0.3) is 0 Å². The van der Waals surface area contributed by atoms with Gasteiger partial charge < -0.3 is 4.90 Å². The number of aryl methyl sites for hydroxylation is 1. The SMILES string of the molecule is Cc1cnc(N=CC2CCC(N3CCC3)CC2)nc1-c1cnc2ccc(-c3ccccc3)cn12. The molecular formula is C28H30N6. The average Bonchev–Trinajstić information content (AvgIpc) is 3.27. The highest BCUT2D eigenvalue weighted by molar-refractivity contribution is 5.70. The van der Waals surface area contributed by atoms with Crippen molar-refractivity contribution in [3.63, 3.8) is 0 Å². The van der Waals surface area contributed by atoms with Crippen LogP contribution in [0.5, 0.6) is 0 Å². The molecule has 6 rings (SSSR count). The largest absolute Gasteiger partial charge is 0.300 e. The second-order valence-corrected chi connectivity index (χ2v) is 9.59. The first kappa shape index (κ1) is 21.2. The van der Waals surface area contributed by atoms with E-state index in [1.165, 1.54) is 50.8 Å². The summed E-state index contributed by atoms with van der Waals surface area (Å²) in [5, 5.41) is 0. The number of likely N-dealkylation sites (tertiary alicyclic amines) is 1. The fourth-order valence-corrected chi connectivity index (χ4v) is 5.21. The lowest BCUT2D eigenvalue weighted by Gasteiger charge is -2.41. The molecule has 1 aliphatic heterocycles. The minimum absolute atomic E-state index is 0.523. The molecule has 0 radical (unpaired) electrons. The van der Waals surface area contributed by atoms with Crippen molar-refractivity contribution in [3.8, 4) is 22.5 Å². The van der Waals surface area contributed by atoms with E-state index in [9.17, 15) is 0 Å². The Hall–Kier alpha value is -3.38.